The lowest BCUT2D eigenvalue weighted by molar-refractivity contribution is -0.147. The average Bonchev–Trinajstić information content (AvgIpc) is 2.79. The van der Waals surface area contributed by atoms with Gasteiger partial charge in [0.15, 0.2) is 0 Å². The fourth-order valence-corrected chi connectivity index (χ4v) is 3.02. The second-order valence-electron chi connectivity index (χ2n) is 5.28. The summed E-state index contributed by atoms with van der Waals surface area (Å²) in [7, 11) is 0. The molecule has 1 saturated carbocycles. The predicted molar refractivity (Wildman–Crippen MR) is 61.7 cm³/mol. The lowest BCUT2D eigenvalue weighted by Gasteiger charge is -2.40. The Kier molecular flexibility index (Phi) is 2.86. The number of nitrogens with one attached hydrogen (secondary N) is 1. The van der Waals surface area contributed by atoms with E-state index in [0.717, 1.165) is 26.1 Å². The van der Waals surface area contributed by atoms with E-state index in [0.29, 0.717) is 18.0 Å². The van der Waals surface area contributed by atoms with E-state index in [-0.39, 0.29) is 0 Å². The molecule has 2 aliphatic heterocycles. The summed E-state index contributed by atoms with van der Waals surface area (Å²) in [6, 6.07) is 1.13. The van der Waals surface area contributed by atoms with Crippen molar-refractivity contribution in [3.05, 3.63) is 0 Å². The van der Waals surface area contributed by atoms with Gasteiger partial charge in [-0.3, -0.25) is 9.80 Å². The molecular weight excluding hydrogens is 202 g/mol. The second kappa shape index (κ2) is 4.34. The Balaban J connectivity index is 1.61. The van der Waals surface area contributed by atoms with E-state index in [1.54, 1.807) is 0 Å². The third kappa shape index (κ3) is 1.84. The quantitative estimate of drug-likeness (QED) is 0.766. The summed E-state index contributed by atoms with van der Waals surface area (Å²) in [5, 5.41) is 7.89. The van der Waals surface area contributed by atoms with Crippen molar-refractivity contribution in [1.82, 2.24) is 15.3 Å². The SMILES string of the molecule is O=C1CCN(CC2CCCN2)N1C1CCC1. The van der Waals surface area contributed by atoms with Gasteiger partial charge in [0.25, 0.3) is 0 Å². The Labute approximate surface area is 96.9 Å². The van der Waals surface area contributed by atoms with Crippen LogP contribution in [0.4, 0.5) is 0 Å². The maximum atomic E-state index is 11.9. The number of nitrogens with zero attached hydrogens (tertiary/aromatic N) is 2. The van der Waals surface area contributed by atoms with Crippen LogP contribution in [0.15, 0.2) is 0 Å². The lowest BCUT2D eigenvalue weighted by Crippen LogP contribution is -2.52. The normalized spacial score (nSPS) is 32.4. The Morgan fingerprint density at radius 1 is 1.25 bits per heavy atom. The molecule has 2 saturated heterocycles. The molecule has 2 heterocycles. The summed E-state index contributed by atoms with van der Waals surface area (Å²) in [4.78, 5) is 11.9. The molecule has 90 valence electrons. The van der Waals surface area contributed by atoms with Gasteiger partial charge in [0.1, 0.15) is 0 Å². The van der Waals surface area contributed by atoms with Crippen LogP contribution in [0.1, 0.15) is 38.5 Å². The molecular formula is C12H21N3O. The van der Waals surface area contributed by atoms with E-state index in [4.69, 9.17) is 0 Å². The summed E-state index contributed by atoms with van der Waals surface area (Å²) in [5.74, 6) is 0.350. The van der Waals surface area contributed by atoms with Gasteiger partial charge in [-0.1, -0.05) is 0 Å². The van der Waals surface area contributed by atoms with E-state index in [2.05, 4.69) is 15.3 Å². The monoisotopic (exact) mass is 223 g/mol. The van der Waals surface area contributed by atoms with Crippen LogP contribution in [-0.2, 0) is 4.79 Å². The molecule has 3 rings (SSSR count). The fraction of sp³-hybridized carbons (Fsp3) is 0.917. The van der Waals surface area contributed by atoms with Gasteiger partial charge < -0.3 is 5.32 Å². The van der Waals surface area contributed by atoms with E-state index in [1.807, 2.05) is 0 Å². The van der Waals surface area contributed by atoms with E-state index >= 15 is 0 Å². The molecule has 3 fully saturated rings. The standard InChI is InChI=1S/C12H21N3O/c16-12-6-8-14(9-10-3-2-7-13-10)15(12)11-4-1-5-11/h10-11,13H,1-9H2. The van der Waals surface area contributed by atoms with Crippen LogP contribution < -0.4 is 5.32 Å². The highest BCUT2D eigenvalue weighted by atomic mass is 16.2. The highest BCUT2D eigenvalue weighted by Gasteiger charge is 2.38. The molecule has 1 aliphatic carbocycles. The minimum absolute atomic E-state index is 0.350. The van der Waals surface area contributed by atoms with Crippen molar-refractivity contribution in [2.24, 2.45) is 0 Å². The zero-order valence-electron chi connectivity index (χ0n) is 9.82. The minimum Gasteiger partial charge on any atom is -0.313 e. The molecule has 4 nitrogen and oxygen atoms in total. The predicted octanol–water partition coefficient (Wildman–Crippen LogP) is 0.740. The van der Waals surface area contributed by atoms with Gasteiger partial charge in [-0.25, -0.2) is 5.01 Å². The highest BCUT2D eigenvalue weighted by Crippen LogP contribution is 2.29. The molecule has 0 aromatic rings. The molecule has 4 heteroatoms. The number of carbonyl (C=O) groups excluding carboxylic acids is 1. The third-order valence-corrected chi connectivity index (χ3v) is 4.16. The van der Waals surface area contributed by atoms with Crippen LogP contribution in [0.3, 0.4) is 0 Å². The molecule has 0 aromatic heterocycles. The number of rotatable bonds is 3. The zero-order chi connectivity index (χ0) is 11.0. The Bertz CT molecular complexity index is 271. The molecule has 0 aromatic carbocycles. The smallest absolute Gasteiger partial charge is 0.238 e. The number of carbonyl (C=O) groups is 1. The van der Waals surface area contributed by atoms with E-state index in [1.165, 1.54) is 32.1 Å². The van der Waals surface area contributed by atoms with Crippen molar-refractivity contribution in [1.29, 1.82) is 0 Å². The molecule has 0 bridgehead atoms. The van der Waals surface area contributed by atoms with Crippen molar-refractivity contribution >= 4 is 5.91 Å². The van der Waals surface area contributed by atoms with Crippen LogP contribution in [-0.4, -0.2) is 47.6 Å². The van der Waals surface area contributed by atoms with Crippen molar-refractivity contribution in [3.8, 4) is 0 Å². The molecule has 16 heavy (non-hydrogen) atoms. The van der Waals surface area contributed by atoms with Crippen LogP contribution in [0.5, 0.6) is 0 Å². The van der Waals surface area contributed by atoms with Gasteiger partial charge >= 0.3 is 0 Å². The average molecular weight is 223 g/mol. The Morgan fingerprint density at radius 2 is 2.12 bits per heavy atom. The number of amides is 1. The minimum atomic E-state index is 0.350. The maximum Gasteiger partial charge on any atom is 0.238 e. The zero-order valence-corrected chi connectivity index (χ0v) is 9.82. The Morgan fingerprint density at radius 3 is 2.75 bits per heavy atom. The van der Waals surface area contributed by atoms with Crippen LogP contribution in [0.2, 0.25) is 0 Å². The first-order valence-electron chi connectivity index (χ1n) is 6.65. The van der Waals surface area contributed by atoms with Crippen molar-refractivity contribution in [2.75, 3.05) is 19.6 Å². The first-order valence-corrected chi connectivity index (χ1v) is 6.65. The summed E-state index contributed by atoms with van der Waals surface area (Å²) in [6.45, 7) is 3.12. The van der Waals surface area contributed by atoms with Crippen LogP contribution >= 0.6 is 0 Å². The van der Waals surface area contributed by atoms with Crippen molar-refractivity contribution < 1.29 is 4.79 Å². The summed E-state index contributed by atoms with van der Waals surface area (Å²) < 4.78 is 0. The summed E-state index contributed by atoms with van der Waals surface area (Å²) in [6.07, 6.45) is 6.99. The van der Waals surface area contributed by atoms with Gasteiger partial charge in [0.05, 0.1) is 0 Å². The lowest BCUT2D eigenvalue weighted by atomic mass is 9.92. The summed E-state index contributed by atoms with van der Waals surface area (Å²) in [5.41, 5.74) is 0. The fourth-order valence-electron chi connectivity index (χ4n) is 3.02. The van der Waals surface area contributed by atoms with Crippen LogP contribution in [0.25, 0.3) is 0 Å². The van der Waals surface area contributed by atoms with Crippen molar-refractivity contribution in [2.45, 2.75) is 50.6 Å². The largest absolute Gasteiger partial charge is 0.313 e. The van der Waals surface area contributed by atoms with Crippen LogP contribution in [0, 0.1) is 0 Å². The molecule has 3 aliphatic rings. The number of hydrogen-bond donors (Lipinski definition) is 1. The highest BCUT2D eigenvalue weighted by molar-refractivity contribution is 5.78. The second-order valence-corrected chi connectivity index (χ2v) is 5.28. The molecule has 1 unspecified atom stereocenters. The number of hydrazine groups is 1. The molecule has 1 amide bonds. The first-order chi connectivity index (χ1) is 7.84. The summed E-state index contributed by atoms with van der Waals surface area (Å²) >= 11 is 0. The van der Waals surface area contributed by atoms with Gasteiger partial charge in [0, 0.05) is 31.6 Å². The van der Waals surface area contributed by atoms with E-state index in [9.17, 15) is 4.79 Å². The van der Waals surface area contributed by atoms with E-state index < -0.39 is 0 Å². The van der Waals surface area contributed by atoms with Gasteiger partial charge in [-0.2, -0.15) is 0 Å². The van der Waals surface area contributed by atoms with Gasteiger partial charge in [0.2, 0.25) is 5.91 Å². The first kappa shape index (κ1) is 10.5. The molecule has 0 spiro atoms. The molecule has 0 radical (unpaired) electrons. The van der Waals surface area contributed by atoms with Gasteiger partial charge in [-0.15, -0.1) is 0 Å². The van der Waals surface area contributed by atoms with Crippen molar-refractivity contribution in [3.63, 3.8) is 0 Å². The molecule has 1 N–H and O–H groups in total. The maximum absolute atomic E-state index is 11.9. The van der Waals surface area contributed by atoms with Gasteiger partial charge in [-0.05, 0) is 38.6 Å². The number of hydrogen-bond acceptors (Lipinski definition) is 3. The third-order valence-electron chi connectivity index (χ3n) is 4.16. The topological polar surface area (TPSA) is 35.6 Å². The molecule has 1 atom stereocenters. The Hall–Kier alpha value is -0.610.